The molecule has 1 fully saturated rings. The predicted molar refractivity (Wildman–Crippen MR) is 118 cm³/mol. The summed E-state index contributed by atoms with van der Waals surface area (Å²) in [5, 5.41) is 2.94. The van der Waals surface area contributed by atoms with E-state index >= 15 is 0 Å². The van der Waals surface area contributed by atoms with E-state index in [4.69, 9.17) is 4.74 Å². The monoisotopic (exact) mass is 415 g/mol. The Balaban J connectivity index is 1.45. The summed E-state index contributed by atoms with van der Waals surface area (Å²) in [6.45, 7) is 1.88. The van der Waals surface area contributed by atoms with E-state index in [1.165, 1.54) is 7.11 Å². The van der Waals surface area contributed by atoms with E-state index in [2.05, 4.69) is 34.6 Å². The summed E-state index contributed by atoms with van der Waals surface area (Å²) in [7, 11) is 1.52. The van der Waals surface area contributed by atoms with Crippen LogP contribution in [0.1, 0.15) is 34.5 Å². The molecule has 6 heteroatoms. The fourth-order valence-electron chi connectivity index (χ4n) is 3.76. The van der Waals surface area contributed by atoms with Crippen LogP contribution >= 0.6 is 0 Å². The smallest absolute Gasteiger partial charge is 0.270 e. The zero-order valence-electron chi connectivity index (χ0n) is 17.5. The fraction of sp³-hybridized carbons (Fsp3) is 0.240. The third kappa shape index (κ3) is 4.91. The van der Waals surface area contributed by atoms with Crippen molar-refractivity contribution in [2.45, 2.75) is 25.9 Å². The molecule has 2 amide bonds. The Hall–Kier alpha value is -3.67. The van der Waals surface area contributed by atoms with Crippen molar-refractivity contribution in [1.29, 1.82) is 0 Å². The van der Waals surface area contributed by atoms with E-state index in [1.54, 1.807) is 18.2 Å². The highest BCUT2D eigenvalue weighted by Crippen LogP contribution is 2.25. The van der Waals surface area contributed by atoms with Crippen LogP contribution in [0.2, 0.25) is 0 Å². The first kappa shape index (κ1) is 20.6. The van der Waals surface area contributed by atoms with Gasteiger partial charge in [0.1, 0.15) is 5.69 Å². The second-order valence-corrected chi connectivity index (χ2v) is 7.52. The number of ether oxygens (including phenoxy) is 1. The summed E-state index contributed by atoms with van der Waals surface area (Å²) in [4.78, 5) is 30.5. The van der Waals surface area contributed by atoms with Gasteiger partial charge in [0, 0.05) is 32.1 Å². The number of amides is 2. The van der Waals surface area contributed by atoms with Crippen LogP contribution in [-0.4, -0.2) is 35.4 Å². The minimum Gasteiger partial charge on any atom is -0.481 e. The summed E-state index contributed by atoms with van der Waals surface area (Å²) in [6, 6.07) is 21.4. The van der Waals surface area contributed by atoms with Crippen LogP contribution in [0.5, 0.6) is 5.88 Å². The average molecular weight is 415 g/mol. The summed E-state index contributed by atoms with van der Waals surface area (Å²) >= 11 is 0. The topological polar surface area (TPSA) is 71.5 Å². The summed E-state index contributed by atoms with van der Waals surface area (Å²) in [6.07, 6.45) is 1.60. The van der Waals surface area contributed by atoms with Crippen LogP contribution in [0.4, 0.5) is 0 Å². The summed E-state index contributed by atoms with van der Waals surface area (Å²) in [5.74, 6) is 0.388. The first-order chi connectivity index (χ1) is 15.1. The van der Waals surface area contributed by atoms with Gasteiger partial charge in [0.15, 0.2) is 0 Å². The Labute approximate surface area is 181 Å². The van der Waals surface area contributed by atoms with Gasteiger partial charge in [-0.05, 0) is 34.7 Å². The molecule has 0 spiro atoms. The second-order valence-electron chi connectivity index (χ2n) is 7.52. The van der Waals surface area contributed by atoms with E-state index < -0.39 is 0 Å². The molecule has 0 aliphatic carbocycles. The minimum atomic E-state index is -0.251. The molecule has 0 bridgehead atoms. The summed E-state index contributed by atoms with van der Waals surface area (Å²) in [5.41, 5.74) is 4.58. The average Bonchev–Trinajstić information content (AvgIpc) is 3.22. The molecule has 6 nitrogen and oxygen atoms in total. The Morgan fingerprint density at radius 2 is 1.87 bits per heavy atom. The lowest BCUT2D eigenvalue weighted by Crippen LogP contribution is -2.24. The van der Waals surface area contributed by atoms with E-state index in [-0.39, 0.29) is 11.8 Å². The molecule has 2 aromatic carbocycles. The highest BCUT2D eigenvalue weighted by molar-refractivity contribution is 5.92. The number of nitrogens with zero attached hydrogens (tertiary/aromatic N) is 2. The molecule has 0 saturated carbocycles. The number of nitrogens with one attached hydrogen (secondary N) is 1. The van der Waals surface area contributed by atoms with Crippen molar-refractivity contribution in [2.24, 2.45) is 0 Å². The van der Waals surface area contributed by atoms with E-state index in [1.807, 2.05) is 29.2 Å². The molecule has 158 valence electrons. The second kappa shape index (κ2) is 9.43. The molecule has 1 N–H and O–H groups in total. The number of likely N-dealkylation sites (tertiary alicyclic amines) is 1. The normalized spacial score (nSPS) is 13.3. The van der Waals surface area contributed by atoms with Crippen molar-refractivity contribution < 1.29 is 14.3 Å². The molecule has 4 rings (SSSR count). The van der Waals surface area contributed by atoms with Crippen LogP contribution in [0.25, 0.3) is 11.1 Å². The number of rotatable bonds is 7. The van der Waals surface area contributed by atoms with E-state index in [0.717, 1.165) is 35.2 Å². The van der Waals surface area contributed by atoms with Crippen LogP contribution < -0.4 is 10.1 Å². The molecule has 0 radical (unpaired) electrons. The van der Waals surface area contributed by atoms with E-state index in [9.17, 15) is 9.59 Å². The van der Waals surface area contributed by atoms with Gasteiger partial charge in [-0.3, -0.25) is 9.59 Å². The van der Waals surface area contributed by atoms with Gasteiger partial charge in [-0.2, -0.15) is 0 Å². The maximum absolute atomic E-state index is 12.5. The lowest BCUT2D eigenvalue weighted by atomic mass is 9.98. The standard InChI is InChI=1S/C25H25N3O3/c1-31-23-9-4-8-22(27-23)25(30)26-16-20-6-2-3-7-21(20)19-13-11-18(12-14-19)17-28-15-5-10-24(28)29/h2-4,6-9,11-14H,5,10,15-17H2,1H3,(H,26,30). The Kier molecular flexibility index (Phi) is 6.26. The molecular weight excluding hydrogens is 390 g/mol. The number of pyridine rings is 1. The maximum Gasteiger partial charge on any atom is 0.270 e. The van der Waals surface area contributed by atoms with Gasteiger partial charge in [0.2, 0.25) is 11.8 Å². The van der Waals surface area contributed by atoms with Gasteiger partial charge in [0.05, 0.1) is 7.11 Å². The van der Waals surface area contributed by atoms with Crippen LogP contribution in [-0.2, 0) is 17.9 Å². The Morgan fingerprint density at radius 1 is 1.06 bits per heavy atom. The minimum absolute atomic E-state index is 0.232. The van der Waals surface area contributed by atoms with Crippen molar-refractivity contribution in [1.82, 2.24) is 15.2 Å². The highest BCUT2D eigenvalue weighted by Gasteiger charge is 2.20. The third-order valence-corrected chi connectivity index (χ3v) is 5.43. The predicted octanol–water partition coefficient (Wildman–Crippen LogP) is 3.81. The maximum atomic E-state index is 12.5. The Morgan fingerprint density at radius 3 is 2.61 bits per heavy atom. The Bertz CT molecular complexity index is 1080. The molecular formula is C25H25N3O3. The molecule has 0 unspecified atom stereocenters. The van der Waals surface area contributed by atoms with Crippen molar-refractivity contribution in [2.75, 3.05) is 13.7 Å². The SMILES string of the molecule is COc1cccc(C(=O)NCc2ccccc2-c2ccc(CN3CCCC3=O)cc2)n1. The van der Waals surface area contributed by atoms with Crippen molar-refractivity contribution in [3.63, 3.8) is 0 Å². The number of carbonyl (C=O) groups excluding carboxylic acids is 2. The molecule has 1 aliphatic heterocycles. The van der Waals surface area contributed by atoms with Gasteiger partial charge < -0.3 is 15.0 Å². The summed E-state index contributed by atoms with van der Waals surface area (Å²) < 4.78 is 5.09. The molecule has 1 saturated heterocycles. The fourth-order valence-corrected chi connectivity index (χ4v) is 3.76. The first-order valence-corrected chi connectivity index (χ1v) is 10.4. The van der Waals surface area contributed by atoms with Crippen LogP contribution in [0.15, 0.2) is 66.7 Å². The van der Waals surface area contributed by atoms with Gasteiger partial charge in [-0.15, -0.1) is 0 Å². The molecule has 1 aliphatic rings. The zero-order chi connectivity index (χ0) is 21.6. The number of aromatic nitrogens is 1. The quantitative estimate of drug-likeness (QED) is 0.637. The molecule has 0 atom stereocenters. The van der Waals surface area contributed by atoms with Gasteiger partial charge in [-0.1, -0.05) is 54.6 Å². The van der Waals surface area contributed by atoms with Gasteiger partial charge >= 0.3 is 0 Å². The van der Waals surface area contributed by atoms with E-state index in [0.29, 0.717) is 31.1 Å². The number of carbonyl (C=O) groups is 2. The van der Waals surface area contributed by atoms with Crippen molar-refractivity contribution >= 4 is 11.8 Å². The number of hydrogen-bond acceptors (Lipinski definition) is 4. The molecule has 31 heavy (non-hydrogen) atoms. The molecule has 2 heterocycles. The third-order valence-electron chi connectivity index (χ3n) is 5.43. The highest BCUT2D eigenvalue weighted by atomic mass is 16.5. The van der Waals surface area contributed by atoms with Crippen LogP contribution in [0, 0.1) is 0 Å². The number of methoxy groups -OCH3 is 1. The lowest BCUT2D eigenvalue weighted by Gasteiger charge is -2.16. The van der Waals surface area contributed by atoms with Crippen LogP contribution in [0.3, 0.4) is 0 Å². The zero-order valence-corrected chi connectivity index (χ0v) is 17.5. The number of benzene rings is 2. The first-order valence-electron chi connectivity index (χ1n) is 10.4. The van der Waals surface area contributed by atoms with Crippen molar-refractivity contribution in [3.8, 4) is 17.0 Å². The van der Waals surface area contributed by atoms with Gasteiger partial charge in [0.25, 0.3) is 5.91 Å². The number of hydrogen-bond donors (Lipinski definition) is 1. The van der Waals surface area contributed by atoms with Gasteiger partial charge in [-0.25, -0.2) is 4.98 Å². The largest absolute Gasteiger partial charge is 0.481 e. The molecule has 1 aromatic heterocycles. The van der Waals surface area contributed by atoms with Crippen molar-refractivity contribution in [3.05, 3.63) is 83.6 Å². The lowest BCUT2D eigenvalue weighted by molar-refractivity contribution is -0.128. The molecule has 3 aromatic rings.